The van der Waals surface area contributed by atoms with Crippen molar-refractivity contribution in [1.29, 1.82) is 0 Å². The van der Waals surface area contributed by atoms with E-state index in [0.717, 1.165) is 39.0 Å². The Balaban J connectivity index is 1.77. The van der Waals surface area contributed by atoms with E-state index >= 15 is 0 Å². The molecule has 1 aliphatic heterocycles. The third-order valence-corrected chi connectivity index (χ3v) is 5.96. The van der Waals surface area contributed by atoms with Gasteiger partial charge in [0, 0.05) is 42.0 Å². The zero-order valence-corrected chi connectivity index (χ0v) is 14.9. The van der Waals surface area contributed by atoms with Gasteiger partial charge >= 0.3 is 0 Å². The summed E-state index contributed by atoms with van der Waals surface area (Å²) in [7, 11) is 0. The quantitative estimate of drug-likeness (QED) is 0.903. The summed E-state index contributed by atoms with van der Waals surface area (Å²) in [6, 6.07) is 4.81. The van der Waals surface area contributed by atoms with Gasteiger partial charge in [0.05, 0.1) is 12.5 Å². The van der Waals surface area contributed by atoms with Crippen molar-refractivity contribution in [3.63, 3.8) is 0 Å². The lowest BCUT2D eigenvalue weighted by Crippen LogP contribution is -2.48. The van der Waals surface area contributed by atoms with Gasteiger partial charge in [-0.15, -0.1) is 11.3 Å². The first-order chi connectivity index (χ1) is 11.2. The van der Waals surface area contributed by atoms with E-state index in [-0.39, 0.29) is 11.8 Å². The predicted octanol–water partition coefficient (Wildman–Crippen LogP) is 2.95. The number of ether oxygens (including phenoxy) is 1. The highest BCUT2D eigenvalue weighted by molar-refractivity contribution is 7.11. The van der Waals surface area contributed by atoms with Crippen molar-refractivity contribution in [1.82, 2.24) is 10.2 Å². The number of fused-ring (bicyclic) bond motifs is 1. The van der Waals surface area contributed by atoms with Crippen LogP contribution >= 0.6 is 11.3 Å². The molecular formula is C18H28N2O2S. The Kier molecular flexibility index (Phi) is 6.08. The van der Waals surface area contributed by atoms with E-state index in [9.17, 15) is 4.79 Å². The van der Waals surface area contributed by atoms with Crippen LogP contribution in [0.5, 0.6) is 0 Å². The van der Waals surface area contributed by atoms with E-state index in [1.807, 2.05) is 11.3 Å². The summed E-state index contributed by atoms with van der Waals surface area (Å²) in [6.45, 7) is 6.21. The Morgan fingerprint density at radius 3 is 2.96 bits per heavy atom. The Bertz CT molecular complexity index is 517. The van der Waals surface area contributed by atoms with Crippen LogP contribution in [0.15, 0.2) is 12.1 Å². The van der Waals surface area contributed by atoms with Crippen LogP contribution in [0.1, 0.15) is 41.9 Å². The Morgan fingerprint density at radius 2 is 2.13 bits per heavy atom. The molecule has 1 N–H and O–H groups in total. The number of nitrogens with one attached hydrogen (secondary N) is 1. The van der Waals surface area contributed by atoms with E-state index in [1.54, 1.807) is 0 Å². The SMILES string of the molecule is Cc1ccc(CN2CCCOCCNC(=O)C3CCCCC32)s1. The van der Waals surface area contributed by atoms with Gasteiger partial charge in [-0.2, -0.15) is 0 Å². The number of carbonyl (C=O) groups excluding carboxylic acids is 1. The summed E-state index contributed by atoms with van der Waals surface area (Å²) in [5, 5.41) is 3.08. The van der Waals surface area contributed by atoms with Gasteiger partial charge in [0.25, 0.3) is 0 Å². The first-order valence-electron chi connectivity index (χ1n) is 8.89. The monoisotopic (exact) mass is 336 g/mol. The van der Waals surface area contributed by atoms with Crippen molar-refractivity contribution in [2.75, 3.05) is 26.3 Å². The lowest BCUT2D eigenvalue weighted by atomic mass is 9.82. The normalized spacial score (nSPS) is 27.8. The zero-order chi connectivity index (χ0) is 16.1. The minimum atomic E-state index is 0.142. The molecule has 4 nitrogen and oxygen atoms in total. The molecule has 0 bridgehead atoms. The molecule has 1 saturated carbocycles. The molecule has 5 heteroatoms. The molecule has 1 aliphatic carbocycles. The molecule has 0 spiro atoms. The lowest BCUT2D eigenvalue weighted by molar-refractivity contribution is -0.128. The molecule has 3 rings (SSSR count). The van der Waals surface area contributed by atoms with E-state index < -0.39 is 0 Å². The van der Waals surface area contributed by atoms with E-state index in [4.69, 9.17) is 4.74 Å². The Hall–Kier alpha value is -0.910. The minimum absolute atomic E-state index is 0.142. The topological polar surface area (TPSA) is 41.6 Å². The van der Waals surface area contributed by atoms with Crippen LogP contribution in [0, 0.1) is 12.8 Å². The smallest absolute Gasteiger partial charge is 0.224 e. The summed E-state index contributed by atoms with van der Waals surface area (Å²) in [6.07, 6.45) is 5.63. The van der Waals surface area contributed by atoms with E-state index in [1.165, 1.54) is 22.6 Å². The fourth-order valence-corrected chi connectivity index (χ4v) is 4.75. The third kappa shape index (κ3) is 4.55. The summed E-state index contributed by atoms with van der Waals surface area (Å²) in [5.74, 6) is 0.371. The Morgan fingerprint density at radius 1 is 1.26 bits per heavy atom. The molecule has 1 aromatic rings. The van der Waals surface area contributed by atoms with Gasteiger partial charge in [-0.1, -0.05) is 12.8 Å². The average molecular weight is 337 g/mol. The highest BCUT2D eigenvalue weighted by Gasteiger charge is 2.34. The minimum Gasteiger partial charge on any atom is -0.380 e. The highest BCUT2D eigenvalue weighted by Crippen LogP contribution is 2.31. The molecule has 0 aromatic carbocycles. The molecule has 1 saturated heterocycles. The molecule has 1 amide bonds. The maximum atomic E-state index is 12.6. The van der Waals surface area contributed by atoms with Crippen molar-refractivity contribution >= 4 is 17.2 Å². The average Bonchev–Trinajstić information content (AvgIpc) is 2.96. The van der Waals surface area contributed by atoms with Crippen LogP contribution in [0.3, 0.4) is 0 Å². The van der Waals surface area contributed by atoms with Crippen LogP contribution in [0.2, 0.25) is 0 Å². The van der Waals surface area contributed by atoms with Crippen LogP contribution in [0.25, 0.3) is 0 Å². The fourth-order valence-electron chi connectivity index (χ4n) is 3.84. The summed E-state index contributed by atoms with van der Waals surface area (Å²) in [4.78, 5) is 17.9. The van der Waals surface area contributed by atoms with Gasteiger partial charge in [0.15, 0.2) is 0 Å². The van der Waals surface area contributed by atoms with Gasteiger partial charge in [-0.25, -0.2) is 0 Å². The lowest BCUT2D eigenvalue weighted by Gasteiger charge is -2.39. The standard InChI is InChI=1S/C18H28N2O2S/c1-14-7-8-15(23-14)13-20-10-4-11-22-12-9-19-18(21)16-5-2-3-6-17(16)20/h7-8,16-17H,2-6,9-13H2,1H3,(H,19,21). The summed E-state index contributed by atoms with van der Waals surface area (Å²) >= 11 is 1.87. The number of rotatable bonds is 2. The number of hydrogen-bond acceptors (Lipinski definition) is 4. The number of carbonyl (C=O) groups is 1. The van der Waals surface area contributed by atoms with Gasteiger partial charge in [-0.05, 0) is 38.3 Å². The van der Waals surface area contributed by atoms with Crippen molar-refractivity contribution < 1.29 is 9.53 Å². The molecule has 2 atom stereocenters. The molecular weight excluding hydrogens is 308 g/mol. The van der Waals surface area contributed by atoms with Crippen molar-refractivity contribution in [3.8, 4) is 0 Å². The van der Waals surface area contributed by atoms with Gasteiger partial charge in [-0.3, -0.25) is 9.69 Å². The van der Waals surface area contributed by atoms with Crippen molar-refractivity contribution in [2.24, 2.45) is 5.92 Å². The van der Waals surface area contributed by atoms with E-state index in [2.05, 4.69) is 29.3 Å². The largest absolute Gasteiger partial charge is 0.380 e. The van der Waals surface area contributed by atoms with Crippen molar-refractivity contribution in [3.05, 3.63) is 21.9 Å². The second-order valence-corrected chi connectivity index (χ2v) is 8.07. The van der Waals surface area contributed by atoms with Crippen LogP contribution in [-0.4, -0.2) is 43.2 Å². The summed E-state index contributed by atoms with van der Waals surface area (Å²) < 4.78 is 5.63. The van der Waals surface area contributed by atoms with Crippen LogP contribution < -0.4 is 5.32 Å². The van der Waals surface area contributed by atoms with Gasteiger partial charge < -0.3 is 10.1 Å². The highest BCUT2D eigenvalue weighted by atomic mass is 32.1. The number of hydrogen-bond donors (Lipinski definition) is 1. The summed E-state index contributed by atoms with van der Waals surface area (Å²) in [5.41, 5.74) is 0. The molecule has 23 heavy (non-hydrogen) atoms. The zero-order valence-electron chi connectivity index (χ0n) is 14.1. The number of amides is 1. The maximum Gasteiger partial charge on any atom is 0.224 e. The molecule has 2 heterocycles. The van der Waals surface area contributed by atoms with Crippen LogP contribution in [-0.2, 0) is 16.1 Å². The number of thiophene rings is 1. The predicted molar refractivity (Wildman–Crippen MR) is 93.7 cm³/mol. The molecule has 2 fully saturated rings. The molecule has 0 radical (unpaired) electrons. The number of aryl methyl sites for hydroxylation is 1. The van der Waals surface area contributed by atoms with Crippen molar-refractivity contribution in [2.45, 2.75) is 51.6 Å². The fraction of sp³-hybridized carbons (Fsp3) is 0.722. The number of nitrogens with zero attached hydrogens (tertiary/aromatic N) is 1. The first kappa shape index (κ1) is 16.9. The third-order valence-electron chi connectivity index (χ3n) is 4.97. The molecule has 2 unspecified atom stereocenters. The second-order valence-electron chi connectivity index (χ2n) is 6.70. The first-order valence-corrected chi connectivity index (χ1v) is 9.70. The molecule has 1 aromatic heterocycles. The molecule has 128 valence electrons. The van der Waals surface area contributed by atoms with Crippen LogP contribution in [0.4, 0.5) is 0 Å². The Labute approximate surface area is 143 Å². The van der Waals surface area contributed by atoms with E-state index in [0.29, 0.717) is 19.2 Å². The van der Waals surface area contributed by atoms with Gasteiger partial charge in [0.1, 0.15) is 0 Å². The maximum absolute atomic E-state index is 12.6. The molecule has 2 aliphatic rings. The van der Waals surface area contributed by atoms with Gasteiger partial charge in [0.2, 0.25) is 5.91 Å². The second kappa shape index (κ2) is 8.27.